The zero-order chi connectivity index (χ0) is 14.9. The van der Waals surface area contributed by atoms with E-state index in [1.54, 1.807) is 0 Å². The van der Waals surface area contributed by atoms with E-state index < -0.39 is 10.0 Å². The third kappa shape index (κ3) is 3.51. The van der Waals surface area contributed by atoms with Gasteiger partial charge in [0.15, 0.2) is 0 Å². The highest BCUT2D eigenvalue weighted by molar-refractivity contribution is 7.92. The molecule has 0 fully saturated rings. The van der Waals surface area contributed by atoms with Crippen molar-refractivity contribution in [2.45, 2.75) is 4.90 Å². The van der Waals surface area contributed by atoms with Crippen molar-refractivity contribution in [2.75, 3.05) is 4.72 Å². The van der Waals surface area contributed by atoms with Crippen LogP contribution in [0.3, 0.4) is 0 Å². The standard InChI is InChI=1S/C12H7Cl4NO2S/c13-7-2-4-11(10(16)5-7)17-20(18,19)12-6-8(14)1-3-9(12)15/h1-6,17H. The smallest absolute Gasteiger partial charge is 0.263 e. The zero-order valence-corrected chi connectivity index (χ0v) is 13.5. The molecular formula is C12H7Cl4NO2S. The van der Waals surface area contributed by atoms with Crippen molar-refractivity contribution in [1.82, 2.24) is 0 Å². The second-order valence-corrected chi connectivity index (χ2v) is 7.14. The lowest BCUT2D eigenvalue weighted by atomic mass is 10.3. The fourth-order valence-corrected chi connectivity index (χ4v) is 3.81. The third-order valence-corrected chi connectivity index (χ3v) is 4.99. The minimum Gasteiger partial charge on any atom is -0.278 e. The summed E-state index contributed by atoms with van der Waals surface area (Å²) in [5.41, 5.74) is 0.201. The van der Waals surface area contributed by atoms with Crippen molar-refractivity contribution in [3.63, 3.8) is 0 Å². The molecular weight excluding hydrogens is 364 g/mol. The Balaban J connectivity index is 2.43. The predicted octanol–water partition coefficient (Wildman–Crippen LogP) is 5.10. The van der Waals surface area contributed by atoms with Crippen LogP contribution in [0.2, 0.25) is 20.1 Å². The predicted molar refractivity (Wildman–Crippen MR) is 83.7 cm³/mol. The maximum Gasteiger partial charge on any atom is 0.263 e. The van der Waals surface area contributed by atoms with Crippen LogP contribution in [-0.4, -0.2) is 8.42 Å². The first kappa shape index (κ1) is 15.7. The van der Waals surface area contributed by atoms with Crippen LogP contribution >= 0.6 is 46.4 Å². The van der Waals surface area contributed by atoms with Crippen molar-refractivity contribution in [1.29, 1.82) is 0 Å². The average molecular weight is 371 g/mol. The minimum atomic E-state index is -3.90. The molecule has 2 aromatic rings. The van der Waals surface area contributed by atoms with E-state index in [4.69, 9.17) is 46.4 Å². The molecule has 0 spiro atoms. The SMILES string of the molecule is O=S(=O)(Nc1ccc(Cl)cc1Cl)c1cc(Cl)ccc1Cl. The molecule has 0 aliphatic heterocycles. The molecule has 8 heteroatoms. The lowest BCUT2D eigenvalue weighted by Gasteiger charge is -2.11. The van der Waals surface area contributed by atoms with E-state index in [1.165, 1.54) is 36.4 Å². The molecule has 0 aliphatic carbocycles. The van der Waals surface area contributed by atoms with Crippen molar-refractivity contribution in [3.05, 3.63) is 56.5 Å². The van der Waals surface area contributed by atoms with Crippen LogP contribution in [0.5, 0.6) is 0 Å². The highest BCUT2D eigenvalue weighted by Crippen LogP contribution is 2.30. The summed E-state index contributed by atoms with van der Waals surface area (Å²) in [6.45, 7) is 0. The van der Waals surface area contributed by atoms with Gasteiger partial charge in [0.25, 0.3) is 10.0 Å². The summed E-state index contributed by atoms with van der Waals surface area (Å²) < 4.78 is 26.9. The fraction of sp³-hybridized carbons (Fsp3) is 0. The van der Waals surface area contributed by atoms with Crippen molar-refractivity contribution in [3.8, 4) is 0 Å². The van der Waals surface area contributed by atoms with E-state index in [1.807, 2.05) is 0 Å². The highest BCUT2D eigenvalue weighted by Gasteiger charge is 2.19. The van der Waals surface area contributed by atoms with Crippen LogP contribution in [0.25, 0.3) is 0 Å². The lowest BCUT2D eigenvalue weighted by molar-refractivity contribution is 0.601. The average Bonchev–Trinajstić information content (AvgIpc) is 2.35. The molecule has 0 saturated heterocycles. The highest BCUT2D eigenvalue weighted by atomic mass is 35.5. The van der Waals surface area contributed by atoms with Gasteiger partial charge in [-0.3, -0.25) is 4.72 Å². The van der Waals surface area contributed by atoms with Crippen LogP contribution in [0.1, 0.15) is 0 Å². The second kappa shape index (κ2) is 6.00. The normalized spacial score (nSPS) is 11.4. The summed E-state index contributed by atoms with van der Waals surface area (Å²) >= 11 is 23.3. The number of nitrogens with one attached hydrogen (secondary N) is 1. The molecule has 0 radical (unpaired) electrons. The number of halogens is 4. The third-order valence-electron chi connectivity index (χ3n) is 2.36. The Hall–Kier alpha value is -0.650. The Morgan fingerprint density at radius 2 is 1.40 bits per heavy atom. The van der Waals surface area contributed by atoms with Crippen molar-refractivity contribution >= 4 is 62.1 Å². The van der Waals surface area contributed by atoms with Crippen molar-refractivity contribution in [2.24, 2.45) is 0 Å². The molecule has 20 heavy (non-hydrogen) atoms. The maximum absolute atomic E-state index is 12.3. The summed E-state index contributed by atoms with van der Waals surface area (Å²) in [6, 6.07) is 8.57. The van der Waals surface area contributed by atoms with Crippen LogP contribution in [-0.2, 0) is 10.0 Å². The Kier molecular flexibility index (Phi) is 4.72. The van der Waals surface area contributed by atoms with Gasteiger partial charge in [0.1, 0.15) is 4.90 Å². The van der Waals surface area contributed by atoms with E-state index in [-0.39, 0.29) is 25.7 Å². The first-order chi connectivity index (χ1) is 9.29. The Bertz CT molecular complexity index is 762. The molecule has 3 nitrogen and oxygen atoms in total. The van der Waals surface area contributed by atoms with E-state index in [0.717, 1.165) is 0 Å². The number of benzene rings is 2. The second-order valence-electron chi connectivity index (χ2n) is 3.80. The summed E-state index contributed by atoms with van der Waals surface area (Å²) in [6.07, 6.45) is 0. The lowest BCUT2D eigenvalue weighted by Crippen LogP contribution is -2.13. The zero-order valence-electron chi connectivity index (χ0n) is 9.70. The van der Waals surface area contributed by atoms with E-state index in [2.05, 4.69) is 4.72 Å². The summed E-state index contributed by atoms with van der Waals surface area (Å²) in [4.78, 5) is -0.127. The topological polar surface area (TPSA) is 46.2 Å². The van der Waals surface area contributed by atoms with E-state index in [9.17, 15) is 8.42 Å². The largest absolute Gasteiger partial charge is 0.278 e. The number of hydrogen-bond acceptors (Lipinski definition) is 2. The summed E-state index contributed by atoms with van der Waals surface area (Å²) in [7, 11) is -3.90. The van der Waals surface area contributed by atoms with Gasteiger partial charge in [-0.1, -0.05) is 46.4 Å². The molecule has 0 amide bonds. The summed E-state index contributed by atoms with van der Waals surface area (Å²) in [5.74, 6) is 0. The van der Waals surface area contributed by atoms with Gasteiger partial charge in [0.05, 0.1) is 15.7 Å². The first-order valence-electron chi connectivity index (χ1n) is 5.22. The fourth-order valence-electron chi connectivity index (χ4n) is 1.46. The summed E-state index contributed by atoms with van der Waals surface area (Å²) in [5, 5.41) is 0.905. The Morgan fingerprint density at radius 1 is 0.800 bits per heavy atom. The van der Waals surface area contributed by atoms with Gasteiger partial charge in [-0.15, -0.1) is 0 Å². The van der Waals surface area contributed by atoms with Gasteiger partial charge in [0.2, 0.25) is 0 Å². The van der Waals surface area contributed by atoms with Gasteiger partial charge >= 0.3 is 0 Å². The molecule has 2 rings (SSSR count). The Labute approximate surface area is 136 Å². The van der Waals surface area contributed by atoms with Crippen molar-refractivity contribution < 1.29 is 8.42 Å². The van der Waals surface area contributed by atoms with Crippen LogP contribution in [0, 0.1) is 0 Å². The molecule has 1 N–H and O–H groups in total. The van der Waals surface area contributed by atoms with Gasteiger partial charge in [0, 0.05) is 10.0 Å². The molecule has 0 aliphatic rings. The molecule has 0 unspecified atom stereocenters. The molecule has 0 aromatic heterocycles. The Morgan fingerprint density at radius 3 is 2.05 bits per heavy atom. The first-order valence-corrected chi connectivity index (χ1v) is 8.22. The molecule has 0 heterocycles. The molecule has 0 saturated carbocycles. The maximum atomic E-state index is 12.3. The number of hydrogen-bond donors (Lipinski definition) is 1. The van der Waals surface area contributed by atoms with Gasteiger partial charge < -0.3 is 0 Å². The monoisotopic (exact) mass is 369 g/mol. The molecule has 2 aromatic carbocycles. The van der Waals surface area contributed by atoms with E-state index >= 15 is 0 Å². The molecule has 106 valence electrons. The van der Waals surface area contributed by atoms with Crippen LogP contribution in [0.4, 0.5) is 5.69 Å². The number of sulfonamides is 1. The van der Waals surface area contributed by atoms with Crippen LogP contribution in [0.15, 0.2) is 41.3 Å². The van der Waals surface area contributed by atoms with Gasteiger partial charge in [-0.2, -0.15) is 0 Å². The minimum absolute atomic E-state index is 0.0620. The quantitative estimate of drug-likeness (QED) is 0.816. The molecule has 0 bridgehead atoms. The number of rotatable bonds is 3. The van der Waals surface area contributed by atoms with Gasteiger partial charge in [-0.05, 0) is 36.4 Å². The molecule has 0 atom stereocenters. The van der Waals surface area contributed by atoms with Crippen LogP contribution < -0.4 is 4.72 Å². The number of anilines is 1. The van der Waals surface area contributed by atoms with E-state index in [0.29, 0.717) is 5.02 Å². The van der Waals surface area contributed by atoms with Gasteiger partial charge in [-0.25, -0.2) is 8.42 Å².